The highest BCUT2D eigenvalue weighted by atomic mass is 19.4. The Bertz CT molecular complexity index is 830. The number of hydrogen-bond acceptors (Lipinski definition) is 5. The Morgan fingerprint density at radius 3 is 2.28 bits per heavy atom. The van der Waals surface area contributed by atoms with E-state index in [0.717, 1.165) is 11.1 Å². The molecule has 0 atom stereocenters. The number of rotatable bonds is 5. The van der Waals surface area contributed by atoms with Crippen LogP contribution < -0.4 is 10.6 Å². The van der Waals surface area contributed by atoms with Gasteiger partial charge >= 0.3 is 6.36 Å². The fraction of sp³-hybridized carbons (Fsp3) is 0.125. The normalized spacial score (nSPS) is 11.5. The van der Waals surface area contributed by atoms with E-state index in [0.29, 0.717) is 18.1 Å². The quantitative estimate of drug-likeness (QED) is 0.715. The van der Waals surface area contributed by atoms with Crippen LogP contribution in [0.1, 0.15) is 5.56 Å². The van der Waals surface area contributed by atoms with Gasteiger partial charge in [0.25, 0.3) is 0 Å². The molecule has 3 aromatic rings. The highest BCUT2D eigenvalue weighted by Crippen LogP contribution is 2.24. The third kappa shape index (κ3) is 4.34. The predicted molar refractivity (Wildman–Crippen MR) is 82.5 cm³/mol. The first-order valence-corrected chi connectivity index (χ1v) is 7.13. The Labute approximate surface area is 140 Å². The first-order chi connectivity index (χ1) is 11.9. The van der Waals surface area contributed by atoms with Crippen molar-refractivity contribution in [2.45, 2.75) is 13.0 Å². The molecule has 0 aliphatic carbocycles. The SMILES string of the molecule is NOCc1ccc(-c2ncn(-c3ccc(OC(F)(F)F)cc3)n2)cc1. The van der Waals surface area contributed by atoms with Crippen LogP contribution in [0.2, 0.25) is 0 Å². The van der Waals surface area contributed by atoms with Crippen LogP contribution >= 0.6 is 0 Å². The molecule has 3 rings (SSSR count). The Morgan fingerprint density at radius 1 is 1.00 bits per heavy atom. The van der Waals surface area contributed by atoms with Crippen LogP contribution in [-0.2, 0) is 11.4 Å². The molecular formula is C16H13F3N4O2. The van der Waals surface area contributed by atoms with E-state index in [2.05, 4.69) is 19.7 Å². The van der Waals surface area contributed by atoms with Gasteiger partial charge in [0.2, 0.25) is 0 Å². The Balaban J connectivity index is 1.76. The zero-order chi connectivity index (χ0) is 17.9. The van der Waals surface area contributed by atoms with Gasteiger partial charge < -0.3 is 4.74 Å². The van der Waals surface area contributed by atoms with Crippen molar-refractivity contribution < 1.29 is 22.7 Å². The Kier molecular flexibility index (Phi) is 4.68. The summed E-state index contributed by atoms with van der Waals surface area (Å²) in [5.41, 5.74) is 2.25. The molecule has 0 radical (unpaired) electrons. The number of aromatic nitrogens is 3. The molecule has 9 heteroatoms. The molecule has 25 heavy (non-hydrogen) atoms. The van der Waals surface area contributed by atoms with Crippen molar-refractivity contribution in [2.24, 2.45) is 5.90 Å². The number of nitrogens with two attached hydrogens (primary N) is 1. The van der Waals surface area contributed by atoms with Crippen LogP contribution in [-0.4, -0.2) is 21.1 Å². The molecule has 130 valence electrons. The molecule has 0 fully saturated rings. The monoisotopic (exact) mass is 350 g/mol. The average Bonchev–Trinajstić information content (AvgIpc) is 3.05. The fourth-order valence-electron chi connectivity index (χ4n) is 2.17. The van der Waals surface area contributed by atoms with Crippen LogP contribution in [0.25, 0.3) is 17.1 Å². The first kappa shape index (κ1) is 16.9. The smallest absolute Gasteiger partial charge is 0.406 e. The molecule has 0 saturated heterocycles. The molecule has 0 amide bonds. The molecule has 1 heterocycles. The van der Waals surface area contributed by atoms with E-state index in [9.17, 15) is 13.2 Å². The lowest BCUT2D eigenvalue weighted by molar-refractivity contribution is -0.274. The molecular weight excluding hydrogens is 337 g/mol. The molecule has 0 saturated carbocycles. The summed E-state index contributed by atoms with van der Waals surface area (Å²) < 4.78 is 41.8. The van der Waals surface area contributed by atoms with E-state index in [1.54, 1.807) is 0 Å². The lowest BCUT2D eigenvalue weighted by Crippen LogP contribution is -2.17. The average molecular weight is 350 g/mol. The fourth-order valence-corrected chi connectivity index (χ4v) is 2.17. The second-order valence-corrected chi connectivity index (χ2v) is 5.06. The molecule has 2 aromatic carbocycles. The lowest BCUT2D eigenvalue weighted by Gasteiger charge is -2.09. The van der Waals surface area contributed by atoms with Crippen LogP contribution in [0.5, 0.6) is 5.75 Å². The number of halogens is 3. The molecule has 2 N–H and O–H groups in total. The first-order valence-electron chi connectivity index (χ1n) is 7.13. The van der Waals surface area contributed by atoms with Crippen molar-refractivity contribution >= 4 is 0 Å². The van der Waals surface area contributed by atoms with Gasteiger partial charge in [0.1, 0.15) is 12.1 Å². The molecule has 0 aliphatic heterocycles. The maximum Gasteiger partial charge on any atom is 0.573 e. The van der Waals surface area contributed by atoms with E-state index in [1.165, 1.54) is 35.3 Å². The molecule has 0 spiro atoms. The third-order valence-electron chi connectivity index (χ3n) is 3.29. The van der Waals surface area contributed by atoms with Gasteiger partial charge in [-0.15, -0.1) is 18.3 Å². The predicted octanol–water partition coefficient (Wildman–Crippen LogP) is 3.22. The van der Waals surface area contributed by atoms with Gasteiger partial charge in [0.05, 0.1) is 12.3 Å². The minimum absolute atomic E-state index is 0.297. The van der Waals surface area contributed by atoms with Crippen LogP contribution in [0, 0.1) is 0 Å². The van der Waals surface area contributed by atoms with Crippen molar-refractivity contribution in [1.29, 1.82) is 0 Å². The Morgan fingerprint density at radius 2 is 1.68 bits per heavy atom. The third-order valence-corrected chi connectivity index (χ3v) is 3.29. The standard InChI is InChI=1S/C16H13F3N4O2/c17-16(18,19)25-14-7-5-13(6-8-14)23-10-21-15(22-23)12-3-1-11(2-4-12)9-24-20/h1-8,10H,9,20H2. The van der Waals surface area contributed by atoms with E-state index >= 15 is 0 Å². The minimum atomic E-state index is -4.72. The molecule has 6 nitrogen and oxygen atoms in total. The van der Waals surface area contributed by atoms with E-state index in [-0.39, 0.29) is 5.75 Å². The number of ether oxygens (including phenoxy) is 1. The zero-order valence-corrected chi connectivity index (χ0v) is 12.8. The topological polar surface area (TPSA) is 75.2 Å². The van der Waals surface area contributed by atoms with Gasteiger partial charge in [-0.25, -0.2) is 15.6 Å². The summed E-state index contributed by atoms with van der Waals surface area (Å²) >= 11 is 0. The molecule has 1 aromatic heterocycles. The summed E-state index contributed by atoms with van der Waals surface area (Å²) in [4.78, 5) is 8.76. The van der Waals surface area contributed by atoms with Crippen molar-refractivity contribution in [3.8, 4) is 22.8 Å². The van der Waals surface area contributed by atoms with Gasteiger partial charge in [0.15, 0.2) is 5.82 Å². The van der Waals surface area contributed by atoms with Crippen LogP contribution in [0.4, 0.5) is 13.2 Å². The van der Waals surface area contributed by atoms with Gasteiger partial charge in [-0.3, -0.25) is 4.84 Å². The minimum Gasteiger partial charge on any atom is -0.406 e. The van der Waals surface area contributed by atoms with Crippen molar-refractivity contribution in [3.63, 3.8) is 0 Å². The maximum atomic E-state index is 12.2. The number of alkyl halides is 3. The molecule has 0 aliphatic rings. The van der Waals surface area contributed by atoms with Gasteiger partial charge in [-0.05, 0) is 29.8 Å². The summed E-state index contributed by atoms with van der Waals surface area (Å²) in [5.74, 6) is 5.21. The second kappa shape index (κ2) is 6.91. The summed E-state index contributed by atoms with van der Waals surface area (Å²) in [6, 6.07) is 12.7. The van der Waals surface area contributed by atoms with Gasteiger partial charge in [-0.2, -0.15) is 0 Å². The van der Waals surface area contributed by atoms with E-state index < -0.39 is 6.36 Å². The molecule has 0 bridgehead atoms. The second-order valence-electron chi connectivity index (χ2n) is 5.06. The van der Waals surface area contributed by atoms with Crippen LogP contribution in [0.3, 0.4) is 0 Å². The van der Waals surface area contributed by atoms with E-state index in [4.69, 9.17) is 5.90 Å². The van der Waals surface area contributed by atoms with Crippen LogP contribution in [0.15, 0.2) is 54.9 Å². The lowest BCUT2D eigenvalue weighted by atomic mass is 10.1. The summed E-state index contributed by atoms with van der Waals surface area (Å²) in [6.07, 6.45) is -3.24. The maximum absolute atomic E-state index is 12.2. The zero-order valence-electron chi connectivity index (χ0n) is 12.8. The van der Waals surface area contributed by atoms with Crippen molar-refractivity contribution in [1.82, 2.24) is 14.8 Å². The molecule has 0 unspecified atom stereocenters. The highest BCUT2D eigenvalue weighted by Gasteiger charge is 2.30. The highest BCUT2D eigenvalue weighted by molar-refractivity contribution is 5.55. The number of nitrogens with zero attached hydrogens (tertiary/aromatic N) is 3. The summed E-state index contributed by atoms with van der Waals surface area (Å²) in [7, 11) is 0. The van der Waals surface area contributed by atoms with E-state index in [1.807, 2.05) is 24.3 Å². The van der Waals surface area contributed by atoms with Gasteiger partial charge in [-0.1, -0.05) is 24.3 Å². The number of hydrogen-bond donors (Lipinski definition) is 1. The number of benzene rings is 2. The largest absolute Gasteiger partial charge is 0.573 e. The summed E-state index contributed by atoms with van der Waals surface area (Å²) in [5, 5.41) is 4.32. The van der Waals surface area contributed by atoms with Crippen molar-refractivity contribution in [3.05, 3.63) is 60.4 Å². The van der Waals surface area contributed by atoms with Gasteiger partial charge in [0, 0.05) is 5.56 Å². The Hall–Kier alpha value is -2.91. The summed E-state index contributed by atoms with van der Waals surface area (Å²) in [6.45, 7) is 0.300. The van der Waals surface area contributed by atoms with Crippen molar-refractivity contribution in [2.75, 3.05) is 0 Å².